The Labute approximate surface area is 173 Å². The Bertz CT molecular complexity index is 1120. The van der Waals surface area contributed by atoms with E-state index in [4.69, 9.17) is 14.4 Å². The van der Waals surface area contributed by atoms with Gasteiger partial charge in [-0.15, -0.1) is 11.3 Å². The number of aromatic nitrogens is 3. The zero-order valence-electron chi connectivity index (χ0n) is 16.6. The fraction of sp³-hybridized carbons (Fsp3) is 0.318. The number of thiophene rings is 1. The van der Waals surface area contributed by atoms with Crippen molar-refractivity contribution in [1.29, 1.82) is 0 Å². The summed E-state index contributed by atoms with van der Waals surface area (Å²) in [6.45, 7) is 0.698. The summed E-state index contributed by atoms with van der Waals surface area (Å²) in [7, 11) is 4.13. The van der Waals surface area contributed by atoms with Gasteiger partial charge < -0.3 is 9.73 Å². The molecule has 1 aliphatic rings. The van der Waals surface area contributed by atoms with Crippen molar-refractivity contribution in [3.63, 3.8) is 0 Å². The zero-order valence-corrected chi connectivity index (χ0v) is 17.4. The van der Waals surface area contributed by atoms with Crippen LogP contribution < -0.4 is 5.32 Å². The average Bonchev–Trinajstić information content (AvgIpc) is 3.46. The third-order valence-electron chi connectivity index (χ3n) is 5.44. The molecule has 0 amide bonds. The first-order valence-corrected chi connectivity index (χ1v) is 10.7. The molecule has 0 saturated heterocycles. The second kappa shape index (κ2) is 7.57. The SMILES string of the molecule is CN(C)[C@H](CNc1nc(-c2cccnc2)nc2sc3c(c12)CCC3)c1ccco1. The maximum Gasteiger partial charge on any atom is 0.164 e. The van der Waals surface area contributed by atoms with Crippen LogP contribution in [0.5, 0.6) is 0 Å². The fourth-order valence-electron chi connectivity index (χ4n) is 3.96. The van der Waals surface area contributed by atoms with E-state index in [2.05, 4.69) is 29.3 Å². The first-order chi connectivity index (χ1) is 14.2. The van der Waals surface area contributed by atoms with Gasteiger partial charge >= 0.3 is 0 Å². The van der Waals surface area contributed by atoms with Gasteiger partial charge in [-0.25, -0.2) is 9.97 Å². The highest BCUT2D eigenvalue weighted by Crippen LogP contribution is 2.40. The number of rotatable bonds is 6. The number of aryl methyl sites for hydroxylation is 2. The largest absolute Gasteiger partial charge is 0.468 e. The van der Waals surface area contributed by atoms with Crippen molar-refractivity contribution in [2.45, 2.75) is 25.3 Å². The number of hydrogen-bond donors (Lipinski definition) is 1. The van der Waals surface area contributed by atoms with Gasteiger partial charge in [0.15, 0.2) is 5.82 Å². The molecule has 4 aromatic rings. The molecule has 6 nitrogen and oxygen atoms in total. The Morgan fingerprint density at radius 2 is 2.14 bits per heavy atom. The summed E-state index contributed by atoms with van der Waals surface area (Å²) in [5.41, 5.74) is 2.35. The van der Waals surface area contributed by atoms with Crippen molar-refractivity contribution < 1.29 is 4.42 Å². The topological polar surface area (TPSA) is 67.1 Å². The predicted octanol–water partition coefficient (Wildman–Crippen LogP) is 4.55. The molecule has 0 unspecified atom stereocenters. The van der Waals surface area contributed by atoms with E-state index in [-0.39, 0.29) is 6.04 Å². The lowest BCUT2D eigenvalue weighted by Crippen LogP contribution is -2.26. The van der Waals surface area contributed by atoms with Crippen molar-refractivity contribution in [1.82, 2.24) is 19.9 Å². The molecule has 4 heterocycles. The van der Waals surface area contributed by atoms with Crippen LogP contribution in [-0.4, -0.2) is 40.5 Å². The number of furan rings is 1. The molecule has 4 aromatic heterocycles. The van der Waals surface area contributed by atoms with Gasteiger partial charge in [0.1, 0.15) is 16.4 Å². The summed E-state index contributed by atoms with van der Waals surface area (Å²) in [6, 6.07) is 7.99. The predicted molar refractivity (Wildman–Crippen MR) is 116 cm³/mol. The number of fused-ring (bicyclic) bond motifs is 3. The first-order valence-electron chi connectivity index (χ1n) is 9.87. The van der Waals surface area contributed by atoms with E-state index in [0.29, 0.717) is 12.4 Å². The average molecular weight is 406 g/mol. The lowest BCUT2D eigenvalue weighted by Gasteiger charge is -2.23. The molecule has 0 aromatic carbocycles. The van der Waals surface area contributed by atoms with E-state index < -0.39 is 0 Å². The molecule has 7 heteroatoms. The van der Waals surface area contributed by atoms with E-state index in [0.717, 1.165) is 34.8 Å². The summed E-state index contributed by atoms with van der Waals surface area (Å²) < 4.78 is 5.66. The molecular weight excluding hydrogens is 382 g/mol. The Morgan fingerprint density at radius 1 is 1.21 bits per heavy atom. The monoisotopic (exact) mass is 405 g/mol. The number of pyridine rings is 1. The summed E-state index contributed by atoms with van der Waals surface area (Å²) in [5, 5.41) is 4.80. The highest BCUT2D eigenvalue weighted by Gasteiger charge is 2.24. The molecule has 0 fully saturated rings. The molecule has 0 spiro atoms. The van der Waals surface area contributed by atoms with Crippen molar-refractivity contribution in [2.24, 2.45) is 0 Å². The fourth-order valence-corrected chi connectivity index (χ4v) is 5.22. The molecule has 1 atom stereocenters. The summed E-state index contributed by atoms with van der Waals surface area (Å²) in [4.78, 5) is 18.7. The minimum absolute atomic E-state index is 0.114. The van der Waals surface area contributed by atoms with E-state index in [9.17, 15) is 0 Å². The second-order valence-electron chi connectivity index (χ2n) is 7.55. The van der Waals surface area contributed by atoms with Crippen LogP contribution in [0.25, 0.3) is 21.6 Å². The maximum atomic E-state index is 5.66. The maximum absolute atomic E-state index is 5.66. The van der Waals surface area contributed by atoms with Crippen LogP contribution in [0.2, 0.25) is 0 Å². The lowest BCUT2D eigenvalue weighted by atomic mass is 10.1. The first kappa shape index (κ1) is 18.3. The second-order valence-corrected chi connectivity index (χ2v) is 8.63. The normalized spacial score (nSPS) is 14.4. The zero-order chi connectivity index (χ0) is 19.8. The van der Waals surface area contributed by atoms with E-state index in [1.165, 1.54) is 22.2 Å². The molecule has 0 aliphatic heterocycles. The number of anilines is 1. The number of hydrogen-bond acceptors (Lipinski definition) is 7. The van der Waals surface area contributed by atoms with Crippen LogP contribution in [0.1, 0.15) is 28.7 Å². The van der Waals surface area contributed by atoms with Gasteiger partial charge in [-0.1, -0.05) is 0 Å². The third kappa shape index (κ3) is 3.41. The highest BCUT2D eigenvalue weighted by atomic mass is 32.1. The number of nitrogens with one attached hydrogen (secondary N) is 1. The van der Waals surface area contributed by atoms with Gasteiger partial charge in [0.25, 0.3) is 0 Å². The standard InChI is InChI=1S/C22H23N5OS/c1-27(2)16(17-8-5-11-28-17)13-24-21-19-15-7-3-9-18(15)29-22(19)26-20(25-21)14-6-4-10-23-12-14/h4-6,8,10-12,16H,3,7,9,13H2,1-2H3,(H,24,25,26)/t16-/m1/s1. The summed E-state index contributed by atoms with van der Waals surface area (Å²) >= 11 is 1.81. The smallest absolute Gasteiger partial charge is 0.164 e. The minimum atomic E-state index is 0.114. The van der Waals surface area contributed by atoms with Gasteiger partial charge in [0.05, 0.1) is 17.7 Å². The molecule has 0 saturated carbocycles. The molecule has 5 rings (SSSR count). The quantitative estimate of drug-likeness (QED) is 0.508. The van der Waals surface area contributed by atoms with Crippen molar-refractivity contribution in [3.05, 3.63) is 59.1 Å². The molecule has 29 heavy (non-hydrogen) atoms. The Morgan fingerprint density at radius 3 is 2.90 bits per heavy atom. The Hall–Kier alpha value is -2.77. The number of nitrogens with zero attached hydrogens (tertiary/aromatic N) is 4. The van der Waals surface area contributed by atoms with Crippen LogP contribution in [0.4, 0.5) is 5.82 Å². The van der Waals surface area contributed by atoms with Crippen molar-refractivity contribution in [2.75, 3.05) is 26.0 Å². The third-order valence-corrected chi connectivity index (χ3v) is 6.63. The molecular formula is C22H23N5OS. The summed E-state index contributed by atoms with van der Waals surface area (Å²) in [6.07, 6.45) is 8.78. The van der Waals surface area contributed by atoms with E-state index in [1.54, 1.807) is 12.5 Å². The lowest BCUT2D eigenvalue weighted by molar-refractivity contribution is 0.269. The van der Waals surface area contributed by atoms with E-state index >= 15 is 0 Å². The van der Waals surface area contributed by atoms with Crippen LogP contribution >= 0.6 is 11.3 Å². The van der Waals surface area contributed by atoms with Crippen LogP contribution in [0.15, 0.2) is 47.3 Å². The molecule has 1 aliphatic carbocycles. The van der Waals surface area contributed by atoms with Crippen molar-refractivity contribution in [3.8, 4) is 11.4 Å². The minimum Gasteiger partial charge on any atom is -0.468 e. The van der Waals surface area contributed by atoms with Crippen LogP contribution in [0.3, 0.4) is 0 Å². The summed E-state index contributed by atoms with van der Waals surface area (Å²) in [5.74, 6) is 2.56. The highest BCUT2D eigenvalue weighted by molar-refractivity contribution is 7.19. The Kier molecular flexibility index (Phi) is 4.77. The van der Waals surface area contributed by atoms with Gasteiger partial charge in [-0.05, 0) is 63.2 Å². The van der Waals surface area contributed by atoms with Crippen LogP contribution in [0, 0.1) is 0 Å². The number of likely N-dealkylation sites (N-methyl/N-ethyl adjacent to an activating group) is 1. The van der Waals surface area contributed by atoms with Gasteiger partial charge in [-0.3, -0.25) is 9.88 Å². The Balaban J connectivity index is 1.56. The van der Waals surface area contributed by atoms with Crippen molar-refractivity contribution >= 4 is 27.4 Å². The van der Waals surface area contributed by atoms with Gasteiger partial charge in [-0.2, -0.15) is 0 Å². The molecule has 1 N–H and O–H groups in total. The van der Waals surface area contributed by atoms with Crippen LogP contribution in [-0.2, 0) is 12.8 Å². The van der Waals surface area contributed by atoms with Gasteiger partial charge in [0.2, 0.25) is 0 Å². The molecule has 148 valence electrons. The molecule has 0 bridgehead atoms. The molecule has 0 radical (unpaired) electrons. The van der Waals surface area contributed by atoms with Gasteiger partial charge in [0, 0.05) is 29.4 Å². The van der Waals surface area contributed by atoms with E-state index in [1.807, 2.05) is 41.8 Å².